The van der Waals surface area contributed by atoms with Gasteiger partial charge in [-0.15, -0.1) is 0 Å². The molecule has 1 atom stereocenters. The summed E-state index contributed by atoms with van der Waals surface area (Å²) in [5.74, 6) is -0.498. The molecule has 6 nitrogen and oxygen atoms in total. The maximum Gasteiger partial charge on any atom is 0.227 e. The first-order valence-electron chi connectivity index (χ1n) is 10.8. The third-order valence-electron chi connectivity index (χ3n) is 6.27. The molecule has 7 heteroatoms. The Morgan fingerprint density at radius 3 is 2.93 bits per heavy atom. The number of aryl methyl sites for hydroxylation is 1. The highest BCUT2D eigenvalue weighted by Crippen LogP contribution is 2.25. The Bertz CT molecular complexity index is 926. The van der Waals surface area contributed by atoms with Crippen molar-refractivity contribution in [2.75, 3.05) is 13.6 Å². The summed E-state index contributed by atoms with van der Waals surface area (Å²) in [7, 11) is 1.81. The third kappa shape index (κ3) is 4.55. The first-order valence-corrected chi connectivity index (χ1v) is 10.8. The summed E-state index contributed by atoms with van der Waals surface area (Å²) in [4.78, 5) is 28.9. The van der Waals surface area contributed by atoms with Gasteiger partial charge in [0.15, 0.2) is 0 Å². The van der Waals surface area contributed by atoms with E-state index in [-0.39, 0.29) is 23.5 Å². The van der Waals surface area contributed by atoms with Crippen molar-refractivity contribution >= 4 is 11.8 Å². The minimum atomic E-state index is -0.317. The second-order valence-electron chi connectivity index (χ2n) is 8.52. The molecule has 1 aromatic carbocycles. The van der Waals surface area contributed by atoms with Crippen LogP contribution >= 0.6 is 0 Å². The molecule has 2 aliphatic rings. The number of amides is 2. The van der Waals surface area contributed by atoms with Crippen LogP contribution < -0.4 is 0 Å². The molecule has 2 aromatic rings. The molecule has 1 saturated heterocycles. The zero-order chi connectivity index (χ0) is 21.1. The number of hydrogen-bond acceptors (Lipinski definition) is 3. The SMILES string of the molecule is CN(Cc1n[nH]c2c1CCCCC2)C(=O)[C@@H]1CCC(=O)N(Cc2cccc(F)c2)C1. The summed E-state index contributed by atoms with van der Waals surface area (Å²) in [5.41, 5.74) is 4.20. The number of carbonyl (C=O) groups excluding carboxylic acids is 2. The number of fused-ring (bicyclic) bond motifs is 1. The van der Waals surface area contributed by atoms with E-state index in [1.165, 1.54) is 36.2 Å². The fourth-order valence-corrected chi connectivity index (χ4v) is 4.60. The van der Waals surface area contributed by atoms with E-state index >= 15 is 0 Å². The number of nitrogens with one attached hydrogen (secondary N) is 1. The highest BCUT2D eigenvalue weighted by atomic mass is 19.1. The van der Waals surface area contributed by atoms with E-state index in [1.807, 2.05) is 7.05 Å². The lowest BCUT2D eigenvalue weighted by molar-refractivity contribution is -0.143. The molecule has 160 valence electrons. The van der Waals surface area contributed by atoms with Crippen LogP contribution in [0.5, 0.6) is 0 Å². The van der Waals surface area contributed by atoms with Gasteiger partial charge >= 0.3 is 0 Å². The van der Waals surface area contributed by atoms with E-state index < -0.39 is 0 Å². The summed E-state index contributed by atoms with van der Waals surface area (Å²) in [6.45, 7) is 1.19. The molecule has 0 saturated carbocycles. The maximum absolute atomic E-state index is 13.5. The quantitative estimate of drug-likeness (QED) is 0.767. The molecule has 0 unspecified atom stereocenters. The standard InChI is InChI=1S/C23H29FN4O2/c1-27(15-21-19-8-3-2-4-9-20(19)25-26-21)23(30)17-10-11-22(29)28(14-17)13-16-6-5-7-18(24)12-16/h5-7,12,17H,2-4,8-11,13-15H2,1H3,(H,25,26)/t17-/m1/s1. The molecule has 0 radical (unpaired) electrons. The van der Waals surface area contributed by atoms with Gasteiger partial charge in [-0.05, 0) is 55.4 Å². The van der Waals surface area contributed by atoms with Crippen LogP contribution in [-0.2, 0) is 35.5 Å². The first-order chi connectivity index (χ1) is 14.5. The van der Waals surface area contributed by atoms with Crippen LogP contribution in [0.2, 0.25) is 0 Å². The lowest BCUT2D eigenvalue weighted by Gasteiger charge is -2.34. The van der Waals surface area contributed by atoms with Gasteiger partial charge in [0, 0.05) is 32.3 Å². The van der Waals surface area contributed by atoms with Gasteiger partial charge in [0.1, 0.15) is 5.82 Å². The highest BCUT2D eigenvalue weighted by molar-refractivity contribution is 5.83. The number of aromatic amines is 1. The van der Waals surface area contributed by atoms with Crippen LogP contribution in [0, 0.1) is 11.7 Å². The summed E-state index contributed by atoms with van der Waals surface area (Å²) in [6, 6.07) is 6.27. The van der Waals surface area contributed by atoms with E-state index in [9.17, 15) is 14.0 Å². The normalized spacial score (nSPS) is 19.3. The van der Waals surface area contributed by atoms with Crippen LogP contribution in [0.15, 0.2) is 24.3 Å². The maximum atomic E-state index is 13.5. The zero-order valence-electron chi connectivity index (χ0n) is 17.5. The fourth-order valence-electron chi connectivity index (χ4n) is 4.60. The average Bonchev–Trinajstić information content (AvgIpc) is 2.95. The van der Waals surface area contributed by atoms with Gasteiger partial charge in [-0.2, -0.15) is 5.10 Å². The Morgan fingerprint density at radius 1 is 1.27 bits per heavy atom. The third-order valence-corrected chi connectivity index (χ3v) is 6.27. The Kier molecular flexibility index (Phi) is 6.16. The zero-order valence-corrected chi connectivity index (χ0v) is 17.5. The first kappa shape index (κ1) is 20.6. The summed E-state index contributed by atoms with van der Waals surface area (Å²) < 4.78 is 13.5. The summed E-state index contributed by atoms with van der Waals surface area (Å²) in [5, 5.41) is 7.64. The second-order valence-corrected chi connectivity index (χ2v) is 8.52. The van der Waals surface area contributed by atoms with Gasteiger partial charge in [-0.1, -0.05) is 18.6 Å². The van der Waals surface area contributed by atoms with Crippen molar-refractivity contribution in [3.63, 3.8) is 0 Å². The molecule has 2 amide bonds. The Morgan fingerprint density at radius 2 is 2.10 bits per heavy atom. The van der Waals surface area contributed by atoms with Crippen LogP contribution in [-0.4, -0.2) is 45.4 Å². The number of halogens is 1. The van der Waals surface area contributed by atoms with Crippen LogP contribution in [0.4, 0.5) is 4.39 Å². The second kappa shape index (κ2) is 8.98. The molecular formula is C23H29FN4O2. The predicted molar refractivity (Wildman–Crippen MR) is 111 cm³/mol. The number of piperidine rings is 1. The number of aromatic nitrogens is 2. The number of benzene rings is 1. The van der Waals surface area contributed by atoms with E-state index in [0.29, 0.717) is 32.5 Å². The molecule has 1 N–H and O–H groups in total. The average molecular weight is 413 g/mol. The molecule has 1 aliphatic heterocycles. The molecule has 1 aromatic heterocycles. The van der Waals surface area contributed by atoms with Crippen LogP contribution in [0.3, 0.4) is 0 Å². The number of carbonyl (C=O) groups is 2. The van der Waals surface area contributed by atoms with Crippen molar-refractivity contribution in [3.8, 4) is 0 Å². The van der Waals surface area contributed by atoms with Crippen molar-refractivity contribution in [2.45, 2.75) is 58.0 Å². The van der Waals surface area contributed by atoms with Crippen LogP contribution in [0.1, 0.15) is 54.6 Å². The molecule has 30 heavy (non-hydrogen) atoms. The predicted octanol–water partition coefficient (Wildman–Crippen LogP) is 3.21. The summed E-state index contributed by atoms with van der Waals surface area (Å²) in [6.07, 6.45) is 6.52. The van der Waals surface area contributed by atoms with Gasteiger partial charge in [-0.3, -0.25) is 14.7 Å². The molecule has 0 bridgehead atoms. The topological polar surface area (TPSA) is 69.3 Å². The van der Waals surface area contributed by atoms with Gasteiger partial charge in [-0.25, -0.2) is 4.39 Å². The molecule has 1 aliphatic carbocycles. The van der Waals surface area contributed by atoms with Crippen LogP contribution in [0.25, 0.3) is 0 Å². The number of nitrogens with zero attached hydrogens (tertiary/aromatic N) is 3. The summed E-state index contributed by atoms with van der Waals surface area (Å²) >= 11 is 0. The molecular weight excluding hydrogens is 383 g/mol. The number of rotatable bonds is 5. The molecule has 4 rings (SSSR count). The van der Waals surface area contributed by atoms with Crippen molar-refractivity contribution in [1.29, 1.82) is 0 Å². The minimum Gasteiger partial charge on any atom is -0.339 e. The van der Waals surface area contributed by atoms with Crippen molar-refractivity contribution in [3.05, 3.63) is 52.6 Å². The number of H-pyrrole nitrogens is 1. The molecule has 1 fully saturated rings. The smallest absolute Gasteiger partial charge is 0.227 e. The molecule has 0 spiro atoms. The van der Waals surface area contributed by atoms with Crippen molar-refractivity contribution < 1.29 is 14.0 Å². The van der Waals surface area contributed by atoms with E-state index in [1.54, 1.807) is 21.9 Å². The number of hydrogen-bond donors (Lipinski definition) is 1. The Hall–Kier alpha value is -2.70. The monoisotopic (exact) mass is 412 g/mol. The lowest BCUT2D eigenvalue weighted by Crippen LogP contribution is -2.45. The Labute approximate surface area is 176 Å². The van der Waals surface area contributed by atoms with E-state index in [4.69, 9.17) is 0 Å². The van der Waals surface area contributed by atoms with Gasteiger partial charge in [0.25, 0.3) is 0 Å². The molecule has 2 heterocycles. The van der Waals surface area contributed by atoms with E-state index in [0.717, 1.165) is 30.5 Å². The van der Waals surface area contributed by atoms with E-state index in [2.05, 4.69) is 10.2 Å². The van der Waals surface area contributed by atoms with Crippen molar-refractivity contribution in [1.82, 2.24) is 20.0 Å². The number of likely N-dealkylation sites (tertiary alicyclic amines) is 1. The van der Waals surface area contributed by atoms with Gasteiger partial charge < -0.3 is 9.80 Å². The van der Waals surface area contributed by atoms with Gasteiger partial charge in [0.05, 0.1) is 18.2 Å². The van der Waals surface area contributed by atoms with Gasteiger partial charge in [0.2, 0.25) is 11.8 Å². The Balaban J connectivity index is 1.40. The lowest BCUT2D eigenvalue weighted by atomic mass is 9.95. The fraction of sp³-hybridized carbons (Fsp3) is 0.522. The highest BCUT2D eigenvalue weighted by Gasteiger charge is 2.32. The minimum absolute atomic E-state index is 0.0172. The van der Waals surface area contributed by atoms with Crippen molar-refractivity contribution in [2.24, 2.45) is 5.92 Å². The largest absolute Gasteiger partial charge is 0.339 e.